The number of rotatable bonds is 4. The highest BCUT2D eigenvalue weighted by atomic mass is 32.3. The minimum atomic E-state index is -4.61. The number of para-hydroxylation sites is 1. The molecule has 0 aliphatic carbocycles. The summed E-state index contributed by atoms with van der Waals surface area (Å²) in [6, 6.07) is 8.87. The maximum atomic E-state index is 11.0. The Kier molecular flexibility index (Phi) is 3.38. The number of fused-ring (bicyclic) bond motifs is 1. The molecule has 3 aromatic rings. The molecule has 0 saturated carbocycles. The van der Waals surface area contributed by atoms with E-state index in [2.05, 4.69) is 14.5 Å². The van der Waals surface area contributed by atoms with Crippen molar-refractivity contribution in [1.29, 1.82) is 0 Å². The second-order valence-corrected chi connectivity index (χ2v) is 5.91. The Morgan fingerprint density at radius 1 is 1.32 bits per heavy atom. The topological polar surface area (TPSA) is 99.2 Å². The van der Waals surface area contributed by atoms with E-state index in [0.29, 0.717) is 5.69 Å². The van der Waals surface area contributed by atoms with Gasteiger partial charge in [0.15, 0.2) is 0 Å². The van der Waals surface area contributed by atoms with Gasteiger partial charge in [0.25, 0.3) is 0 Å². The first-order valence-corrected chi connectivity index (χ1v) is 7.82. The SMILES string of the molecule is Cc1c(Cn2c(OS(=O)(=O)O)cc3ccccc32)nnn1C. The summed E-state index contributed by atoms with van der Waals surface area (Å²) < 4.78 is 39.0. The molecule has 8 nitrogen and oxygen atoms in total. The number of aryl methyl sites for hydroxylation is 1. The number of hydrogen-bond donors (Lipinski definition) is 1. The summed E-state index contributed by atoms with van der Waals surface area (Å²) in [5.74, 6) is 0.0220. The second-order valence-electron chi connectivity index (χ2n) is 4.88. The predicted molar refractivity (Wildman–Crippen MR) is 79.0 cm³/mol. The maximum Gasteiger partial charge on any atom is 0.447 e. The van der Waals surface area contributed by atoms with Crippen LogP contribution in [0.2, 0.25) is 0 Å². The van der Waals surface area contributed by atoms with Crippen molar-refractivity contribution in [3.8, 4) is 5.88 Å². The molecule has 0 atom stereocenters. The molecule has 1 N–H and O–H groups in total. The molecule has 2 aromatic heterocycles. The predicted octanol–water partition coefficient (Wildman–Crippen LogP) is 1.31. The Bertz CT molecular complexity index is 942. The van der Waals surface area contributed by atoms with Crippen LogP contribution in [-0.4, -0.2) is 32.5 Å². The van der Waals surface area contributed by atoms with Crippen molar-refractivity contribution in [2.45, 2.75) is 13.5 Å². The average Bonchev–Trinajstić information content (AvgIpc) is 2.93. The molecule has 0 bridgehead atoms. The summed E-state index contributed by atoms with van der Waals surface area (Å²) in [6.45, 7) is 2.14. The van der Waals surface area contributed by atoms with Crippen LogP contribution in [0.15, 0.2) is 30.3 Å². The molecule has 0 unspecified atom stereocenters. The Balaban J connectivity index is 2.13. The molecule has 0 aliphatic heterocycles. The molecule has 0 spiro atoms. The van der Waals surface area contributed by atoms with E-state index in [1.165, 1.54) is 0 Å². The third kappa shape index (κ3) is 2.68. The van der Waals surface area contributed by atoms with E-state index in [1.807, 2.05) is 31.2 Å². The van der Waals surface area contributed by atoms with E-state index in [9.17, 15) is 8.42 Å². The van der Waals surface area contributed by atoms with Gasteiger partial charge in [-0.15, -0.1) is 5.10 Å². The Morgan fingerprint density at radius 3 is 2.68 bits per heavy atom. The number of hydrogen-bond acceptors (Lipinski definition) is 5. The molecule has 2 heterocycles. The maximum absolute atomic E-state index is 11.0. The molecule has 22 heavy (non-hydrogen) atoms. The Morgan fingerprint density at radius 2 is 2.05 bits per heavy atom. The summed E-state index contributed by atoms with van der Waals surface area (Å²) in [4.78, 5) is 0. The minimum absolute atomic E-state index is 0.0220. The normalized spacial score (nSPS) is 12.0. The van der Waals surface area contributed by atoms with Gasteiger partial charge >= 0.3 is 10.4 Å². The van der Waals surface area contributed by atoms with Crippen molar-refractivity contribution < 1.29 is 17.2 Å². The summed E-state index contributed by atoms with van der Waals surface area (Å²) in [5, 5.41) is 8.78. The van der Waals surface area contributed by atoms with E-state index in [4.69, 9.17) is 4.55 Å². The van der Waals surface area contributed by atoms with E-state index in [-0.39, 0.29) is 12.4 Å². The smallest absolute Gasteiger partial charge is 0.343 e. The van der Waals surface area contributed by atoms with E-state index in [0.717, 1.165) is 16.6 Å². The Hall–Kier alpha value is -2.39. The summed E-state index contributed by atoms with van der Waals surface area (Å²) in [6.07, 6.45) is 0. The lowest BCUT2D eigenvalue weighted by Crippen LogP contribution is -2.11. The molecule has 0 saturated heterocycles. The zero-order valence-corrected chi connectivity index (χ0v) is 12.8. The van der Waals surface area contributed by atoms with Crippen LogP contribution >= 0.6 is 0 Å². The fourth-order valence-electron chi connectivity index (χ4n) is 2.27. The zero-order valence-electron chi connectivity index (χ0n) is 12.0. The van der Waals surface area contributed by atoms with Gasteiger partial charge in [0.1, 0.15) is 5.69 Å². The first-order valence-electron chi connectivity index (χ1n) is 6.45. The number of aromatic nitrogens is 4. The van der Waals surface area contributed by atoms with Gasteiger partial charge in [-0.05, 0) is 13.0 Å². The molecule has 0 amide bonds. The van der Waals surface area contributed by atoms with Gasteiger partial charge in [-0.25, -0.2) is 0 Å². The number of benzene rings is 1. The highest BCUT2D eigenvalue weighted by Crippen LogP contribution is 2.27. The highest BCUT2D eigenvalue weighted by molar-refractivity contribution is 7.81. The van der Waals surface area contributed by atoms with Gasteiger partial charge < -0.3 is 8.75 Å². The lowest BCUT2D eigenvalue weighted by Gasteiger charge is -2.08. The molecule has 0 aliphatic rings. The zero-order chi connectivity index (χ0) is 15.9. The average molecular weight is 322 g/mol. The molecule has 0 radical (unpaired) electrons. The van der Waals surface area contributed by atoms with Crippen molar-refractivity contribution in [2.24, 2.45) is 7.05 Å². The number of nitrogens with zero attached hydrogens (tertiary/aromatic N) is 4. The van der Waals surface area contributed by atoms with Gasteiger partial charge in [-0.1, -0.05) is 23.4 Å². The summed E-state index contributed by atoms with van der Waals surface area (Å²) >= 11 is 0. The summed E-state index contributed by atoms with van der Waals surface area (Å²) in [7, 11) is -2.83. The fraction of sp³-hybridized carbons (Fsp3) is 0.231. The molecular weight excluding hydrogens is 308 g/mol. The van der Waals surface area contributed by atoms with Gasteiger partial charge in [0.2, 0.25) is 5.88 Å². The van der Waals surface area contributed by atoms with Crippen LogP contribution in [-0.2, 0) is 24.0 Å². The largest absolute Gasteiger partial charge is 0.447 e. The first-order chi connectivity index (χ1) is 10.3. The highest BCUT2D eigenvalue weighted by Gasteiger charge is 2.17. The van der Waals surface area contributed by atoms with Crippen LogP contribution in [0.1, 0.15) is 11.4 Å². The van der Waals surface area contributed by atoms with Gasteiger partial charge in [0.05, 0.1) is 17.8 Å². The monoisotopic (exact) mass is 322 g/mol. The molecule has 116 valence electrons. The lowest BCUT2D eigenvalue weighted by molar-refractivity contribution is 0.374. The van der Waals surface area contributed by atoms with Crippen LogP contribution in [0, 0.1) is 6.92 Å². The van der Waals surface area contributed by atoms with E-state index < -0.39 is 10.4 Å². The van der Waals surface area contributed by atoms with Gasteiger partial charge in [-0.2, -0.15) is 8.42 Å². The van der Waals surface area contributed by atoms with Crippen molar-refractivity contribution >= 4 is 21.3 Å². The minimum Gasteiger partial charge on any atom is -0.343 e. The fourth-order valence-corrected chi connectivity index (χ4v) is 2.62. The standard InChI is InChI=1S/C13H14N4O4S/c1-9-11(14-15-16(9)2)8-17-12-6-4-3-5-10(12)7-13(17)21-22(18,19)20/h3-7H,8H2,1-2H3,(H,18,19,20). The van der Waals surface area contributed by atoms with Crippen LogP contribution in [0.4, 0.5) is 0 Å². The quantitative estimate of drug-likeness (QED) is 0.727. The van der Waals surface area contributed by atoms with Crippen LogP contribution in [0.3, 0.4) is 0 Å². The van der Waals surface area contributed by atoms with Crippen molar-refractivity contribution in [3.05, 3.63) is 41.7 Å². The van der Waals surface area contributed by atoms with Gasteiger partial charge in [-0.3, -0.25) is 9.23 Å². The third-order valence-electron chi connectivity index (χ3n) is 3.47. The van der Waals surface area contributed by atoms with E-state index in [1.54, 1.807) is 22.4 Å². The third-order valence-corrected chi connectivity index (χ3v) is 3.86. The van der Waals surface area contributed by atoms with Crippen LogP contribution in [0.25, 0.3) is 10.9 Å². The molecule has 9 heteroatoms. The van der Waals surface area contributed by atoms with Gasteiger partial charge in [0, 0.05) is 18.5 Å². The molecule has 0 fully saturated rings. The molecular formula is C13H14N4O4S. The first kappa shape index (κ1) is 14.5. The second kappa shape index (κ2) is 5.11. The van der Waals surface area contributed by atoms with Crippen molar-refractivity contribution in [3.63, 3.8) is 0 Å². The summed E-state index contributed by atoms with van der Waals surface area (Å²) in [5.41, 5.74) is 2.31. The van der Waals surface area contributed by atoms with Crippen LogP contribution < -0.4 is 4.18 Å². The lowest BCUT2D eigenvalue weighted by atomic mass is 10.2. The molecule has 3 rings (SSSR count). The van der Waals surface area contributed by atoms with Crippen LogP contribution in [0.5, 0.6) is 5.88 Å². The van der Waals surface area contributed by atoms with E-state index >= 15 is 0 Å². The molecule has 1 aromatic carbocycles. The van der Waals surface area contributed by atoms with Crippen molar-refractivity contribution in [1.82, 2.24) is 19.6 Å². The van der Waals surface area contributed by atoms with Crippen molar-refractivity contribution in [2.75, 3.05) is 0 Å². The Labute approximate surface area is 126 Å².